The third-order valence-electron chi connectivity index (χ3n) is 4.04. The molecular weight excluding hydrogens is 384 g/mol. The van der Waals surface area contributed by atoms with Crippen molar-refractivity contribution in [2.24, 2.45) is 0 Å². The van der Waals surface area contributed by atoms with Crippen molar-refractivity contribution in [2.45, 2.75) is 24.8 Å². The first kappa shape index (κ1) is 17.8. The minimum Gasteiger partial charge on any atom is -0.411 e. The van der Waals surface area contributed by atoms with E-state index >= 15 is 0 Å². The molecule has 0 N–H and O–H groups in total. The van der Waals surface area contributed by atoms with Crippen LogP contribution in [0.25, 0.3) is 22.9 Å². The Morgan fingerprint density at radius 3 is 2.48 bits per heavy atom. The molecule has 136 valence electrons. The van der Waals surface area contributed by atoms with Crippen molar-refractivity contribution in [3.63, 3.8) is 0 Å². The molecule has 0 aliphatic carbocycles. The molecule has 0 aliphatic heterocycles. The van der Waals surface area contributed by atoms with Crippen LogP contribution in [0.4, 0.5) is 0 Å². The van der Waals surface area contributed by atoms with E-state index in [1.807, 2.05) is 30.3 Å². The number of aromatic nitrogens is 4. The van der Waals surface area contributed by atoms with Gasteiger partial charge in [0.25, 0.3) is 11.1 Å². The molecule has 2 aromatic heterocycles. The summed E-state index contributed by atoms with van der Waals surface area (Å²) in [7, 11) is 0. The summed E-state index contributed by atoms with van der Waals surface area (Å²) in [4.78, 5) is 4.38. The summed E-state index contributed by atoms with van der Waals surface area (Å²) < 4.78 is 11.0. The second-order valence-corrected chi connectivity index (χ2v) is 7.35. The summed E-state index contributed by atoms with van der Waals surface area (Å²) in [5, 5.41) is 13.3. The van der Waals surface area contributed by atoms with Gasteiger partial charge in [-0.25, -0.2) is 0 Å². The standard InChI is InChI=1S/C19H15ClN4O2S/c1-11-3-4-14(9-12(11)2)18-22-23-19(25-18)27-10-16-21-17(26-24-16)13-5-7-15(20)8-6-13/h3-9H,10H2,1-2H3. The van der Waals surface area contributed by atoms with Crippen LogP contribution in [0.2, 0.25) is 5.02 Å². The highest BCUT2D eigenvalue weighted by Gasteiger charge is 2.13. The molecule has 0 fully saturated rings. The van der Waals surface area contributed by atoms with Gasteiger partial charge in [-0.3, -0.25) is 0 Å². The average Bonchev–Trinajstić information content (AvgIpc) is 3.32. The van der Waals surface area contributed by atoms with Crippen LogP contribution in [-0.2, 0) is 5.75 Å². The van der Waals surface area contributed by atoms with Gasteiger partial charge in [0.05, 0.1) is 5.75 Å². The lowest BCUT2D eigenvalue weighted by molar-refractivity contribution is 0.425. The van der Waals surface area contributed by atoms with Crippen LogP contribution in [0, 0.1) is 13.8 Å². The van der Waals surface area contributed by atoms with Gasteiger partial charge < -0.3 is 8.94 Å². The second-order valence-electron chi connectivity index (χ2n) is 5.98. The van der Waals surface area contributed by atoms with Crippen molar-refractivity contribution in [3.05, 3.63) is 64.4 Å². The molecule has 0 atom stereocenters. The predicted molar refractivity (Wildman–Crippen MR) is 104 cm³/mol. The molecule has 6 nitrogen and oxygen atoms in total. The normalized spacial score (nSPS) is 11.1. The van der Waals surface area contributed by atoms with E-state index in [1.165, 1.54) is 22.9 Å². The zero-order valence-corrected chi connectivity index (χ0v) is 16.2. The Morgan fingerprint density at radius 2 is 1.70 bits per heavy atom. The first-order chi connectivity index (χ1) is 13.1. The molecule has 0 amide bonds. The maximum atomic E-state index is 5.89. The molecule has 0 saturated heterocycles. The zero-order valence-electron chi connectivity index (χ0n) is 14.6. The number of rotatable bonds is 5. The number of hydrogen-bond donors (Lipinski definition) is 0. The van der Waals surface area contributed by atoms with Crippen LogP contribution in [0.5, 0.6) is 0 Å². The van der Waals surface area contributed by atoms with Gasteiger partial charge in [-0.05, 0) is 61.4 Å². The first-order valence-electron chi connectivity index (χ1n) is 8.21. The van der Waals surface area contributed by atoms with E-state index in [1.54, 1.807) is 12.1 Å². The molecule has 0 unspecified atom stereocenters. The lowest BCUT2D eigenvalue weighted by Crippen LogP contribution is -1.84. The van der Waals surface area contributed by atoms with Crippen molar-refractivity contribution < 1.29 is 8.94 Å². The Balaban J connectivity index is 1.43. The Labute approximate surface area is 165 Å². The summed E-state index contributed by atoms with van der Waals surface area (Å²) in [5.74, 6) is 1.96. The van der Waals surface area contributed by atoms with Gasteiger partial charge in [0, 0.05) is 16.1 Å². The fraction of sp³-hybridized carbons (Fsp3) is 0.158. The lowest BCUT2D eigenvalue weighted by Gasteiger charge is -2.00. The van der Waals surface area contributed by atoms with E-state index in [2.05, 4.69) is 34.2 Å². The maximum absolute atomic E-state index is 5.89. The molecule has 8 heteroatoms. The first-order valence-corrected chi connectivity index (χ1v) is 9.57. The molecule has 27 heavy (non-hydrogen) atoms. The van der Waals surface area contributed by atoms with Crippen LogP contribution in [0.3, 0.4) is 0 Å². The lowest BCUT2D eigenvalue weighted by atomic mass is 10.1. The van der Waals surface area contributed by atoms with E-state index < -0.39 is 0 Å². The van der Waals surface area contributed by atoms with Gasteiger partial charge in [-0.2, -0.15) is 4.98 Å². The van der Waals surface area contributed by atoms with Gasteiger partial charge in [0.2, 0.25) is 5.89 Å². The molecule has 0 aliphatic rings. The van der Waals surface area contributed by atoms with Gasteiger partial charge >= 0.3 is 0 Å². The average molecular weight is 399 g/mol. The summed E-state index contributed by atoms with van der Waals surface area (Å²) in [6.07, 6.45) is 0. The second kappa shape index (κ2) is 7.54. The van der Waals surface area contributed by atoms with Gasteiger partial charge in [0.1, 0.15) is 0 Å². The number of thioether (sulfide) groups is 1. The van der Waals surface area contributed by atoms with Gasteiger partial charge in [0.15, 0.2) is 5.82 Å². The fourth-order valence-corrected chi connectivity index (χ4v) is 3.14. The van der Waals surface area contributed by atoms with E-state index in [9.17, 15) is 0 Å². The predicted octanol–water partition coefficient (Wildman–Crippen LogP) is 5.35. The summed E-state index contributed by atoms with van der Waals surface area (Å²) >= 11 is 7.25. The third-order valence-corrected chi connectivity index (χ3v) is 5.11. The quantitative estimate of drug-likeness (QED) is 0.419. The molecule has 2 heterocycles. The number of nitrogens with zero attached hydrogens (tertiary/aromatic N) is 4. The Bertz CT molecular complexity index is 1080. The molecule has 2 aromatic carbocycles. The smallest absolute Gasteiger partial charge is 0.277 e. The monoisotopic (exact) mass is 398 g/mol. The minimum absolute atomic E-state index is 0.448. The summed E-state index contributed by atoms with van der Waals surface area (Å²) in [6.45, 7) is 4.12. The highest BCUT2D eigenvalue weighted by Crippen LogP contribution is 2.27. The molecule has 0 spiro atoms. The fourth-order valence-electron chi connectivity index (χ4n) is 2.41. The number of aryl methyl sites for hydroxylation is 2. The minimum atomic E-state index is 0.448. The van der Waals surface area contributed by atoms with Crippen molar-refractivity contribution in [1.82, 2.24) is 20.3 Å². The van der Waals surface area contributed by atoms with E-state index in [4.69, 9.17) is 20.5 Å². The van der Waals surface area contributed by atoms with Crippen LogP contribution in [-0.4, -0.2) is 20.3 Å². The SMILES string of the molecule is Cc1ccc(-c2nnc(SCc3noc(-c4ccc(Cl)cc4)n3)o2)cc1C. The Kier molecular flexibility index (Phi) is 4.96. The third kappa shape index (κ3) is 4.04. The number of hydrogen-bond acceptors (Lipinski definition) is 7. The Morgan fingerprint density at radius 1 is 0.926 bits per heavy atom. The number of benzene rings is 2. The van der Waals surface area contributed by atoms with Crippen molar-refractivity contribution in [3.8, 4) is 22.9 Å². The highest BCUT2D eigenvalue weighted by molar-refractivity contribution is 7.98. The van der Waals surface area contributed by atoms with E-state index in [0.717, 1.165) is 11.1 Å². The number of halogens is 1. The summed E-state index contributed by atoms with van der Waals surface area (Å²) in [5.41, 5.74) is 4.13. The van der Waals surface area contributed by atoms with Crippen molar-refractivity contribution in [2.75, 3.05) is 0 Å². The topological polar surface area (TPSA) is 77.8 Å². The maximum Gasteiger partial charge on any atom is 0.277 e. The van der Waals surface area contributed by atoms with Crippen molar-refractivity contribution in [1.29, 1.82) is 0 Å². The Hall–Kier alpha value is -2.64. The van der Waals surface area contributed by atoms with Crippen LogP contribution in [0.15, 0.2) is 56.6 Å². The largest absolute Gasteiger partial charge is 0.411 e. The summed E-state index contributed by atoms with van der Waals surface area (Å²) in [6, 6.07) is 13.3. The molecule has 0 bridgehead atoms. The van der Waals surface area contributed by atoms with E-state index in [0.29, 0.717) is 33.6 Å². The highest BCUT2D eigenvalue weighted by atomic mass is 35.5. The molecule has 0 radical (unpaired) electrons. The van der Waals surface area contributed by atoms with Gasteiger partial charge in [-0.1, -0.05) is 34.6 Å². The van der Waals surface area contributed by atoms with Crippen LogP contribution < -0.4 is 0 Å². The zero-order chi connectivity index (χ0) is 18.8. The molecular formula is C19H15ClN4O2S. The van der Waals surface area contributed by atoms with Gasteiger partial charge in [-0.15, -0.1) is 10.2 Å². The van der Waals surface area contributed by atoms with Crippen molar-refractivity contribution >= 4 is 23.4 Å². The molecule has 4 aromatic rings. The molecule has 0 saturated carbocycles. The van der Waals surface area contributed by atoms with Crippen LogP contribution in [0.1, 0.15) is 17.0 Å². The van der Waals surface area contributed by atoms with Crippen LogP contribution >= 0.6 is 23.4 Å². The molecule has 4 rings (SSSR count). The van der Waals surface area contributed by atoms with E-state index in [-0.39, 0.29) is 0 Å².